The van der Waals surface area contributed by atoms with Crippen molar-refractivity contribution < 1.29 is 47.5 Å². The molecule has 0 aliphatic heterocycles. The second kappa shape index (κ2) is 17.1. The van der Waals surface area contributed by atoms with Crippen LogP contribution < -0.4 is 38.9 Å². The quantitative estimate of drug-likeness (QED) is 0.138. The van der Waals surface area contributed by atoms with Crippen LogP contribution in [-0.2, 0) is 5.41 Å². The number of aromatic nitrogens is 6. The van der Waals surface area contributed by atoms with E-state index in [2.05, 4.69) is 25.0 Å². The Kier molecular flexibility index (Phi) is 12.9. The van der Waals surface area contributed by atoms with Crippen LogP contribution in [0.2, 0.25) is 10.0 Å². The number of hydrogen-bond donors (Lipinski definition) is 1. The van der Waals surface area contributed by atoms with Gasteiger partial charge in [-0.05, 0) is 32.0 Å². The zero-order chi connectivity index (χ0) is 39.0. The SMILES string of the molecule is CC(C)Oc1cc(-n2nc(C(C)(C)C)oc2=O)c(Cl)cc1Cl.COc1cc(OC)nc(Oc2cccc(Oc3nc(OC)cc(OC)n3)c2C(=O)O)n1. The van der Waals surface area contributed by atoms with Crippen LogP contribution in [0, 0.1) is 0 Å². The van der Waals surface area contributed by atoms with E-state index in [1.807, 2.05) is 34.6 Å². The number of aromatic carboxylic acids is 1. The van der Waals surface area contributed by atoms with Crippen LogP contribution in [0.25, 0.3) is 5.69 Å². The summed E-state index contributed by atoms with van der Waals surface area (Å²) < 4.78 is 43.4. The largest absolute Gasteiger partial charge is 0.489 e. The van der Waals surface area contributed by atoms with E-state index < -0.39 is 11.7 Å². The van der Waals surface area contributed by atoms with E-state index >= 15 is 0 Å². The number of carbonyl (C=O) groups is 1. The van der Waals surface area contributed by atoms with Gasteiger partial charge in [0.2, 0.25) is 29.4 Å². The third-order valence-electron chi connectivity index (χ3n) is 6.54. The number of carboxylic acid groups (broad SMARTS) is 1. The molecule has 3 aromatic heterocycles. The Morgan fingerprint density at radius 1 is 0.774 bits per heavy atom. The molecule has 282 valence electrons. The smallest absolute Gasteiger partial charge is 0.442 e. The Labute approximate surface area is 313 Å². The molecule has 5 aromatic rings. The van der Waals surface area contributed by atoms with E-state index in [9.17, 15) is 14.7 Å². The molecular weight excluding hydrogens is 739 g/mol. The highest BCUT2D eigenvalue weighted by Gasteiger charge is 2.25. The molecule has 2 aromatic carbocycles. The Morgan fingerprint density at radius 3 is 1.62 bits per heavy atom. The molecule has 53 heavy (non-hydrogen) atoms. The van der Waals surface area contributed by atoms with Gasteiger partial charge in [0.25, 0.3) is 0 Å². The predicted octanol–water partition coefficient (Wildman–Crippen LogP) is 6.80. The van der Waals surface area contributed by atoms with Gasteiger partial charge in [-0.2, -0.15) is 24.6 Å². The van der Waals surface area contributed by atoms with Crippen molar-refractivity contribution >= 4 is 29.2 Å². The molecule has 0 atom stereocenters. The topological polar surface area (TPSA) is 202 Å². The molecule has 0 radical (unpaired) electrons. The molecule has 0 fully saturated rings. The summed E-state index contributed by atoms with van der Waals surface area (Å²) in [6.07, 6.45) is -0.0642. The number of benzene rings is 2. The molecule has 3 heterocycles. The maximum Gasteiger partial charge on any atom is 0.442 e. The Bertz CT molecular complexity index is 2010. The molecular formula is C34H36Cl2N6O11. The normalized spacial score (nSPS) is 10.9. The summed E-state index contributed by atoms with van der Waals surface area (Å²) in [5, 5.41) is 14.6. The van der Waals surface area contributed by atoms with E-state index in [1.165, 1.54) is 64.8 Å². The van der Waals surface area contributed by atoms with Crippen LogP contribution in [0.3, 0.4) is 0 Å². The zero-order valence-corrected chi connectivity index (χ0v) is 31.6. The van der Waals surface area contributed by atoms with E-state index in [0.717, 1.165) is 4.68 Å². The van der Waals surface area contributed by atoms with Gasteiger partial charge >= 0.3 is 23.7 Å². The first-order valence-electron chi connectivity index (χ1n) is 15.5. The summed E-state index contributed by atoms with van der Waals surface area (Å²) in [5.74, 6) is -0.666. The first-order chi connectivity index (χ1) is 25.1. The number of methoxy groups -OCH3 is 4. The van der Waals surface area contributed by atoms with Gasteiger partial charge in [-0.1, -0.05) is 50.0 Å². The van der Waals surface area contributed by atoms with Crippen LogP contribution in [0.4, 0.5) is 0 Å². The van der Waals surface area contributed by atoms with Crippen LogP contribution in [0.5, 0.6) is 52.8 Å². The Morgan fingerprint density at radius 2 is 1.25 bits per heavy atom. The summed E-state index contributed by atoms with van der Waals surface area (Å²) in [6, 6.07) is 9.97. The number of hydrogen-bond acceptors (Lipinski definition) is 15. The standard InChI is InChI=1S/C19H18N4O8.C15H18Cl2N2O3/c1-26-12-8-13(27-2)21-18(20-12)30-10-6-5-7-11(16(10)17(24)25)31-19-22-14(28-3)9-15(23-19)29-4;1-8(2)21-12-7-11(9(16)6-10(12)17)19-14(20)22-13(18-19)15(3,4)5/h5-9H,1-4H3,(H,24,25);6-8H,1-5H3. The maximum absolute atomic E-state index is 12.1. The molecule has 1 N–H and O–H groups in total. The van der Waals surface area contributed by atoms with Crippen molar-refractivity contribution in [2.24, 2.45) is 0 Å². The first-order valence-corrected chi connectivity index (χ1v) is 16.2. The molecule has 5 rings (SSSR count). The van der Waals surface area contributed by atoms with Crippen LogP contribution >= 0.6 is 23.2 Å². The zero-order valence-electron chi connectivity index (χ0n) is 30.1. The molecule has 0 amide bonds. The number of nitrogens with zero attached hydrogens (tertiary/aromatic N) is 6. The third kappa shape index (κ3) is 10.2. The molecule has 0 unspecified atom stereocenters. The van der Waals surface area contributed by atoms with Crippen molar-refractivity contribution in [2.45, 2.75) is 46.1 Å². The second-order valence-corrected chi connectivity index (χ2v) is 12.7. The highest BCUT2D eigenvalue weighted by molar-refractivity contribution is 6.36. The maximum atomic E-state index is 12.1. The lowest BCUT2D eigenvalue weighted by molar-refractivity contribution is 0.0691. The lowest BCUT2D eigenvalue weighted by atomic mass is 9.97. The lowest BCUT2D eigenvalue weighted by Crippen LogP contribution is -2.15. The molecule has 0 saturated carbocycles. The third-order valence-corrected chi connectivity index (χ3v) is 7.14. The fourth-order valence-corrected chi connectivity index (χ4v) is 4.63. The average Bonchev–Trinajstić information content (AvgIpc) is 3.50. The van der Waals surface area contributed by atoms with Gasteiger partial charge in [-0.15, -0.1) is 5.10 Å². The van der Waals surface area contributed by atoms with Crippen LogP contribution in [-0.4, -0.2) is 75.3 Å². The first kappa shape index (κ1) is 40.0. The molecule has 0 aliphatic rings. The van der Waals surface area contributed by atoms with E-state index in [1.54, 1.807) is 6.07 Å². The van der Waals surface area contributed by atoms with E-state index in [4.69, 9.17) is 60.8 Å². The Hall–Kier alpha value is -5.81. The summed E-state index contributed by atoms with van der Waals surface area (Å²) in [4.78, 5) is 40.1. The predicted molar refractivity (Wildman–Crippen MR) is 190 cm³/mol. The summed E-state index contributed by atoms with van der Waals surface area (Å²) in [7, 11) is 5.63. The lowest BCUT2D eigenvalue weighted by Gasteiger charge is -2.13. The van der Waals surface area contributed by atoms with Gasteiger partial charge in [0.05, 0.1) is 62.4 Å². The number of halogens is 2. The molecule has 0 bridgehead atoms. The molecule has 0 spiro atoms. The van der Waals surface area contributed by atoms with Gasteiger partial charge in [0.15, 0.2) is 0 Å². The minimum atomic E-state index is -1.32. The van der Waals surface area contributed by atoms with Crippen molar-refractivity contribution in [3.8, 4) is 58.5 Å². The van der Waals surface area contributed by atoms with E-state index in [0.29, 0.717) is 22.4 Å². The van der Waals surface area contributed by atoms with Crippen LogP contribution in [0.1, 0.15) is 50.9 Å². The average molecular weight is 776 g/mol. The highest BCUT2D eigenvalue weighted by atomic mass is 35.5. The summed E-state index contributed by atoms with van der Waals surface area (Å²) >= 11 is 12.3. The van der Waals surface area contributed by atoms with Crippen molar-refractivity contribution in [2.75, 3.05) is 28.4 Å². The van der Waals surface area contributed by atoms with E-state index in [-0.39, 0.29) is 69.1 Å². The minimum Gasteiger partial charge on any atom is -0.489 e. The van der Waals surface area contributed by atoms with Gasteiger partial charge in [-0.3, -0.25) is 0 Å². The number of carboxylic acids is 1. The molecule has 0 aliphatic carbocycles. The summed E-state index contributed by atoms with van der Waals surface area (Å²) in [5.41, 5.74) is -0.329. The molecule has 17 nitrogen and oxygen atoms in total. The van der Waals surface area contributed by atoms with Gasteiger partial charge in [0.1, 0.15) is 22.8 Å². The Balaban J connectivity index is 0.000000251. The summed E-state index contributed by atoms with van der Waals surface area (Å²) in [6.45, 7) is 9.47. The highest BCUT2D eigenvalue weighted by Crippen LogP contribution is 2.36. The fraction of sp³-hybridized carbons (Fsp3) is 0.324. The number of ether oxygens (including phenoxy) is 7. The van der Waals surface area contributed by atoms with Crippen molar-refractivity contribution in [1.82, 2.24) is 29.7 Å². The second-order valence-electron chi connectivity index (χ2n) is 11.8. The van der Waals surface area contributed by atoms with Gasteiger partial charge in [-0.25, -0.2) is 9.59 Å². The molecule has 19 heteroatoms. The minimum absolute atomic E-state index is 0.0642. The van der Waals surface area contributed by atoms with Crippen molar-refractivity contribution in [3.63, 3.8) is 0 Å². The fourth-order valence-electron chi connectivity index (χ4n) is 4.12. The molecule has 0 saturated heterocycles. The van der Waals surface area contributed by atoms with Gasteiger partial charge in [0, 0.05) is 11.5 Å². The monoisotopic (exact) mass is 774 g/mol. The van der Waals surface area contributed by atoms with Crippen molar-refractivity contribution in [3.05, 3.63) is 74.5 Å². The van der Waals surface area contributed by atoms with Crippen LogP contribution in [0.15, 0.2) is 51.7 Å². The van der Waals surface area contributed by atoms with Gasteiger partial charge < -0.3 is 42.7 Å². The van der Waals surface area contributed by atoms with Crippen molar-refractivity contribution in [1.29, 1.82) is 0 Å². The number of rotatable bonds is 12.